The van der Waals surface area contributed by atoms with Crippen molar-refractivity contribution < 1.29 is 9.53 Å². The second-order valence-corrected chi connectivity index (χ2v) is 7.00. The minimum atomic E-state index is -0.309. The van der Waals surface area contributed by atoms with E-state index in [1.807, 2.05) is 33.8 Å². The molecule has 0 atom stereocenters. The Kier molecular flexibility index (Phi) is 5.34. The molecule has 0 unspecified atom stereocenters. The van der Waals surface area contributed by atoms with Crippen LogP contribution in [-0.2, 0) is 0 Å². The van der Waals surface area contributed by atoms with Gasteiger partial charge in [0.15, 0.2) is 0 Å². The minimum absolute atomic E-state index is 0.169. The van der Waals surface area contributed by atoms with Crippen LogP contribution in [0.15, 0.2) is 30.6 Å². The van der Waals surface area contributed by atoms with Crippen molar-refractivity contribution in [3.63, 3.8) is 0 Å². The van der Waals surface area contributed by atoms with Crippen molar-refractivity contribution in [1.29, 1.82) is 0 Å². The van der Waals surface area contributed by atoms with Crippen molar-refractivity contribution in [3.8, 4) is 5.75 Å². The summed E-state index contributed by atoms with van der Waals surface area (Å²) in [4.78, 5) is 16.4. The van der Waals surface area contributed by atoms with E-state index in [4.69, 9.17) is 16.3 Å². The van der Waals surface area contributed by atoms with Crippen molar-refractivity contribution in [3.05, 3.63) is 46.7 Å². The Hall–Kier alpha value is -2.27. The van der Waals surface area contributed by atoms with Gasteiger partial charge in [0, 0.05) is 22.8 Å². The summed E-state index contributed by atoms with van der Waals surface area (Å²) in [6, 6.07) is 5.39. The molecular formula is C18H22ClN3O2. The van der Waals surface area contributed by atoms with Gasteiger partial charge in [0.25, 0.3) is 5.91 Å². The number of pyridine rings is 1. The smallest absolute Gasteiger partial charge is 0.253 e. The van der Waals surface area contributed by atoms with Gasteiger partial charge in [-0.15, -0.1) is 0 Å². The van der Waals surface area contributed by atoms with E-state index in [1.54, 1.807) is 25.4 Å². The first-order chi connectivity index (χ1) is 11.2. The molecule has 0 saturated carbocycles. The monoisotopic (exact) mass is 347 g/mol. The first kappa shape index (κ1) is 18.1. The van der Waals surface area contributed by atoms with Crippen LogP contribution >= 0.6 is 11.6 Å². The number of aryl methyl sites for hydroxylation is 1. The van der Waals surface area contributed by atoms with Gasteiger partial charge in [-0.3, -0.25) is 9.78 Å². The summed E-state index contributed by atoms with van der Waals surface area (Å²) in [5.74, 6) is 0.452. The Morgan fingerprint density at radius 2 is 1.92 bits per heavy atom. The molecule has 2 N–H and O–H groups in total. The number of aromatic nitrogens is 1. The summed E-state index contributed by atoms with van der Waals surface area (Å²) in [5.41, 5.74) is 2.55. The SMILES string of the molecule is COc1cc(Cl)c(C)cc1Nc1cncc(C(=O)NC(C)(C)C)c1. The number of rotatable bonds is 4. The molecule has 24 heavy (non-hydrogen) atoms. The summed E-state index contributed by atoms with van der Waals surface area (Å²) in [6.45, 7) is 7.71. The van der Waals surface area contributed by atoms with Gasteiger partial charge >= 0.3 is 0 Å². The van der Waals surface area contributed by atoms with Gasteiger partial charge in [-0.05, 0) is 45.4 Å². The highest BCUT2D eigenvalue weighted by Gasteiger charge is 2.16. The van der Waals surface area contributed by atoms with Gasteiger partial charge in [0.05, 0.1) is 30.2 Å². The molecule has 2 rings (SSSR count). The van der Waals surface area contributed by atoms with Crippen molar-refractivity contribution in [1.82, 2.24) is 10.3 Å². The highest BCUT2D eigenvalue weighted by atomic mass is 35.5. The molecule has 0 spiro atoms. The molecular weight excluding hydrogens is 326 g/mol. The highest BCUT2D eigenvalue weighted by molar-refractivity contribution is 6.31. The molecule has 128 valence electrons. The van der Waals surface area contributed by atoms with Gasteiger partial charge in [-0.2, -0.15) is 0 Å². The van der Waals surface area contributed by atoms with E-state index in [1.165, 1.54) is 6.20 Å². The number of carbonyl (C=O) groups is 1. The maximum Gasteiger partial charge on any atom is 0.253 e. The molecule has 1 aromatic heterocycles. The zero-order valence-electron chi connectivity index (χ0n) is 14.5. The van der Waals surface area contributed by atoms with Gasteiger partial charge in [0.2, 0.25) is 0 Å². The number of hydrogen-bond donors (Lipinski definition) is 2. The van der Waals surface area contributed by atoms with Crippen LogP contribution in [0, 0.1) is 6.92 Å². The molecule has 0 fully saturated rings. The van der Waals surface area contributed by atoms with Crippen LogP contribution in [0.5, 0.6) is 5.75 Å². The molecule has 1 heterocycles. The molecule has 1 aromatic carbocycles. The topological polar surface area (TPSA) is 63.2 Å². The standard InChI is InChI=1S/C18H22ClN3O2/c1-11-6-15(16(24-5)8-14(11)19)21-13-7-12(9-20-10-13)17(23)22-18(2,3)4/h6-10,21H,1-5H3,(H,22,23). The fraction of sp³-hybridized carbons (Fsp3) is 0.333. The van der Waals surface area contributed by atoms with E-state index in [2.05, 4.69) is 15.6 Å². The van der Waals surface area contributed by atoms with Crippen molar-refractivity contribution in [2.45, 2.75) is 33.2 Å². The van der Waals surface area contributed by atoms with Crippen LogP contribution < -0.4 is 15.4 Å². The molecule has 1 amide bonds. The van der Waals surface area contributed by atoms with E-state index < -0.39 is 0 Å². The lowest BCUT2D eigenvalue weighted by Gasteiger charge is -2.20. The lowest BCUT2D eigenvalue weighted by Crippen LogP contribution is -2.40. The number of nitrogens with zero attached hydrogens (tertiary/aromatic N) is 1. The average Bonchev–Trinajstić information content (AvgIpc) is 2.49. The minimum Gasteiger partial charge on any atom is -0.495 e. The van der Waals surface area contributed by atoms with Crippen LogP contribution in [0.4, 0.5) is 11.4 Å². The number of ether oxygens (including phenoxy) is 1. The quantitative estimate of drug-likeness (QED) is 0.864. The first-order valence-electron chi connectivity index (χ1n) is 7.58. The summed E-state index contributed by atoms with van der Waals surface area (Å²) in [5, 5.41) is 6.77. The van der Waals surface area contributed by atoms with Crippen molar-refractivity contribution >= 4 is 28.9 Å². The van der Waals surface area contributed by atoms with Crippen LogP contribution in [0.3, 0.4) is 0 Å². The third-order valence-electron chi connectivity index (χ3n) is 3.25. The highest BCUT2D eigenvalue weighted by Crippen LogP contribution is 2.33. The van der Waals surface area contributed by atoms with Gasteiger partial charge in [-0.1, -0.05) is 11.6 Å². The number of carbonyl (C=O) groups excluding carboxylic acids is 1. The Labute approximate surface area is 147 Å². The lowest BCUT2D eigenvalue weighted by atomic mass is 10.1. The molecule has 0 bridgehead atoms. The van der Waals surface area contributed by atoms with Crippen molar-refractivity contribution in [2.75, 3.05) is 12.4 Å². The molecule has 0 saturated heterocycles. The van der Waals surface area contributed by atoms with Crippen LogP contribution in [0.2, 0.25) is 5.02 Å². The molecule has 0 aliphatic carbocycles. The molecule has 2 aromatic rings. The van der Waals surface area contributed by atoms with E-state index in [9.17, 15) is 4.79 Å². The van der Waals surface area contributed by atoms with Crippen LogP contribution in [0.25, 0.3) is 0 Å². The number of nitrogens with one attached hydrogen (secondary N) is 2. The normalized spacial score (nSPS) is 11.1. The second-order valence-electron chi connectivity index (χ2n) is 6.59. The lowest BCUT2D eigenvalue weighted by molar-refractivity contribution is 0.0919. The van der Waals surface area contributed by atoms with E-state index in [0.29, 0.717) is 22.0 Å². The van der Waals surface area contributed by atoms with Crippen LogP contribution in [0.1, 0.15) is 36.7 Å². The first-order valence-corrected chi connectivity index (χ1v) is 7.96. The van der Waals surface area contributed by atoms with Crippen LogP contribution in [-0.4, -0.2) is 23.5 Å². The fourth-order valence-corrected chi connectivity index (χ4v) is 2.28. The Morgan fingerprint density at radius 3 is 2.54 bits per heavy atom. The van der Waals surface area contributed by atoms with E-state index in [-0.39, 0.29) is 11.4 Å². The molecule has 0 aliphatic rings. The van der Waals surface area contributed by atoms with E-state index in [0.717, 1.165) is 11.3 Å². The van der Waals surface area contributed by atoms with Gasteiger partial charge in [0.1, 0.15) is 5.75 Å². The maximum absolute atomic E-state index is 12.3. The molecule has 6 heteroatoms. The summed E-state index contributed by atoms with van der Waals surface area (Å²) < 4.78 is 5.35. The molecule has 0 aliphatic heterocycles. The van der Waals surface area contributed by atoms with Gasteiger partial charge < -0.3 is 15.4 Å². The number of halogens is 1. The maximum atomic E-state index is 12.3. The Balaban J connectivity index is 2.27. The summed E-state index contributed by atoms with van der Waals surface area (Å²) >= 11 is 6.12. The number of anilines is 2. The zero-order chi connectivity index (χ0) is 17.9. The number of amides is 1. The zero-order valence-corrected chi connectivity index (χ0v) is 15.3. The van der Waals surface area contributed by atoms with E-state index >= 15 is 0 Å². The Morgan fingerprint density at radius 1 is 1.21 bits per heavy atom. The third kappa shape index (κ3) is 4.61. The summed E-state index contributed by atoms with van der Waals surface area (Å²) in [6.07, 6.45) is 3.19. The second kappa shape index (κ2) is 7.09. The largest absolute Gasteiger partial charge is 0.495 e. The predicted octanol–water partition coefficient (Wildman–Crippen LogP) is 4.32. The predicted molar refractivity (Wildman–Crippen MR) is 97.5 cm³/mol. The van der Waals surface area contributed by atoms with Crippen molar-refractivity contribution in [2.24, 2.45) is 0 Å². The number of hydrogen-bond acceptors (Lipinski definition) is 4. The number of methoxy groups -OCH3 is 1. The average molecular weight is 348 g/mol. The fourth-order valence-electron chi connectivity index (χ4n) is 2.13. The molecule has 0 radical (unpaired) electrons. The third-order valence-corrected chi connectivity index (χ3v) is 3.66. The summed E-state index contributed by atoms with van der Waals surface area (Å²) in [7, 11) is 1.58. The number of benzene rings is 1. The Bertz CT molecular complexity index is 754. The van der Waals surface area contributed by atoms with Gasteiger partial charge in [-0.25, -0.2) is 0 Å². The molecule has 5 nitrogen and oxygen atoms in total.